The summed E-state index contributed by atoms with van der Waals surface area (Å²) >= 11 is 1.84. The van der Waals surface area contributed by atoms with Gasteiger partial charge in [-0.1, -0.05) is 6.92 Å². The van der Waals surface area contributed by atoms with Crippen molar-refractivity contribution in [1.29, 1.82) is 0 Å². The molecule has 2 N–H and O–H groups in total. The number of carbonyl (C=O) groups is 1. The fraction of sp³-hybridized carbons (Fsp3) is 0.684. The molecule has 0 radical (unpaired) electrons. The van der Waals surface area contributed by atoms with Crippen molar-refractivity contribution in [1.82, 2.24) is 20.4 Å². The number of nitrogens with zero attached hydrogens (tertiary/aromatic N) is 3. The Labute approximate surface area is 166 Å². The number of hydrogen-bond donors (Lipinski definition) is 2. The number of guanidine groups is 1. The zero-order valence-electron chi connectivity index (χ0n) is 17.0. The Morgan fingerprint density at radius 1 is 1.33 bits per heavy atom. The van der Waals surface area contributed by atoms with E-state index in [0.717, 1.165) is 45.8 Å². The third-order valence-electron chi connectivity index (χ3n) is 4.45. The Hall–Kier alpha value is -1.64. The lowest BCUT2D eigenvalue weighted by Crippen LogP contribution is -2.46. The fourth-order valence-electron chi connectivity index (χ4n) is 2.83. The van der Waals surface area contributed by atoms with Gasteiger partial charge < -0.3 is 20.3 Å². The van der Waals surface area contributed by atoms with Gasteiger partial charge >= 0.3 is 0 Å². The molecule has 1 aromatic rings. The first kappa shape index (κ1) is 21.7. The lowest BCUT2D eigenvalue weighted by Gasteiger charge is -2.34. The van der Waals surface area contributed by atoms with Crippen LogP contribution in [-0.2, 0) is 9.53 Å². The standard InChI is InChI=1S/C19H33N5O2S/c1-5-8-20-19(22-14-18(25)23(3)4)21-13-16(17-7-6-15(2)27-17)24-9-11-26-12-10-24/h6-7,16H,5,8-14H2,1-4H3,(H2,20,21,22). The fourth-order valence-corrected chi connectivity index (χ4v) is 3.84. The first-order valence-electron chi connectivity index (χ1n) is 9.61. The Morgan fingerprint density at radius 3 is 2.67 bits per heavy atom. The zero-order chi connectivity index (χ0) is 19.6. The van der Waals surface area contributed by atoms with Gasteiger partial charge in [-0.3, -0.25) is 9.69 Å². The molecule has 1 aliphatic rings. The van der Waals surface area contributed by atoms with Gasteiger partial charge in [0.05, 0.1) is 19.3 Å². The SMILES string of the molecule is CCCNC(=NCC(=O)N(C)C)NCC(c1ccc(C)s1)N1CCOCC1. The van der Waals surface area contributed by atoms with Crippen molar-refractivity contribution in [2.75, 3.05) is 60.0 Å². The molecular weight excluding hydrogens is 362 g/mol. The summed E-state index contributed by atoms with van der Waals surface area (Å²) < 4.78 is 5.52. The number of nitrogens with one attached hydrogen (secondary N) is 2. The van der Waals surface area contributed by atoms with Crippen LogP contribution in [0.3, 0.4) is 0 Å². The van der Waals surface area contributed by atoms with Gasteiger partial charge in [0.2, 0.25) is 5.91 Å². The average molecular weight is 396 g/mol. The van der Waals surface area contributed by atoms with Crippen molar-refractivity contribution in [3.63, 3.8) is 0 Å². The molecule has 27 heavy (non-hydrogen) atoms. The van der Waals surface area contributed by atoms with Crippen molar-refractivity contribution in [3.8, 4) is 0 Å². The summed E-state index contributed by atoms with van der Waals surface area (Å²) in [7, 11) is 3.50. The number of likely N-dealkylation sites (N-methyl/N-ethyl adjacent to an activating group) is 1. The molecular formula is C19H33N5O2S. The van der Waals surface area contributed by atoms with E-state index in [1.54, 1.807) is 19.0 Å². The van der Waals surface area contributed by atoms with Crippen LogP contribution < -0.4 is 10.6 Å². The number of thiophene rings is 1. The van der Waals surface area contributed by atoms with E-state index in [0.29, 0.717) is 5.96 Å². The number of aryl methyl sites for hydroxylation is 1. The van der Waals surface area contributed by atoms with Crippen molar-refractivity contribution >= 4 is 23.2 Å². The van der Waals surface area contributed by atoms with E-state index in [1.807, 2.05) is 11.3 Å². The van der Waals surface area contributed by atoms with Crippen LogP contribution in [0.1, 0.15) is 29.1 Å². The second kappa shape index (κ2) is 11.3. The minimum absolute atomic E-state index is 0.00814. The predicted octanol–water partition coefficient (Wildman–Crippen LogP) is 1.46. The normalized spacial score (nSPS) is 16.8. The molecule has 1 aromatic heterocycles. The summed E-state index contributed by atoms with van der Waals surface area (Å²) in [5.74, 6) is 0.685. The van der Waals surface area contributed by atoms with Gasteiger partial charge in [0.1, 0.15) is 6.54 Å². The van der Waals surface area contributed by atoms with E-state index < -0.39 is 0 Å². The van der Waals surface area contributed by atoms with Crippen molar-refractivity contribution in [3.05, 3.63) is 21.9 Å². The molecule has 7 nitrogen and oxygen atoms in total. The van der Waals surface area contributed by atoms with Crippen molar-refractivity contribution < 1.29 is 9.53 Å². The molecule has 8 heteroatoms. The highest BCUT2D eigenvalue weighted by Crippen LogP contribution is 2.27. The summed E-state index contributed by atoms with van der Waals surface area (Å²) in [5.41, 5.74) is 0. The molecule has 2 heterocycles. The van der Waals surface area contributed by atoms with E-state index in [4.69, 9.17) is 4.74 Å². The number of ether oxygens (including phenoxy) is 1. The van der Waals surface area contributed by atoms with Gasteiger partial charge in [-0.15, -0.1) is 11.3 Å². The molecule has 1 aliphatic heterocycles. The molecule has 0 bridgehead atoms. The van der Waals surface area contributed by atoms with Gasteiger partial charge in [-0.25, -0.2) is 4.99 Å². The number of amides is 1. The minimum Gasteiger partial charge on any atom is -0.379 e. The van der Waals surface area contributed by atoms with Crippen LogP contribution in [0.25, 0.3) is 0 Å². The Kier molecular flexibility index (Phi) is 9.03. The van der Waals surface area contributed by atoms with E-state index in [2.05, 4.69) is 46.5 Å². The third-order valence-corrected chi connectivity index (χ3v) is 5.55. The summed E-state index contributed by atoms with van der Waals surface area (Å²) in [4.78, 5) is 23.0. The van der Waals surface area contributed by atoms with Gasteiger partial charge in [-0.2, -0.15) is 0 Å². The topological polar surface area (TPSA) is 69.2 Å². The minimum atomic E-state index is -0.00814. The van der Waals surface area contributed by atoms with E-state index in [1.165, 1.54) is 9.75 Å². The molecule has 1 atom stereocenters. The highest BCUT2D eigenvalue weighted by atomic mass is 32.1. The number of rotatable bonds is 8. The first-order valence-corrected chi connectivity index (χ1v) is 10.4. The number of hydrogen-bond acceptors (Lipinski definition) is 5. The largest absolute Gasteiger partial charge is 0.379 e. The molecule has 1 saturated heterocycles. The molecule has 152 valence electrons. The van der Waals surface area contributed by atoms with E-state index >= 15 is 0 Å². The third kappa shape index (κ3) is 7.12. The summed E-state index contributed by atoms with van der Waals surface area (Å²) in [6, 6.07) is 4.66. The van der Waals surface area contributed by atoms with Crippen LogP contribution in [0.15, 0.2) is 17.1 Å². The molecule has 0 saturated carbocycles. The molecule has 1 fully saturated rings. The Morgan fingerprint density at radius 2 is 2.07 bits per heavy atom. The highest BCUT2D eigenvalue weighted by Gasteiger charge is 2.24. The van der Waals surface area contributed by atoms with Crippen LogP contribution in [-0.4, -0.2) is 81.7 Å². The van der Waals surface area contributed by atoms with Crippen LogP contribution in [0.4, 0.5) is 0 Å². The van der Waals surface area contributed by atoms with Crippen LogP contribution in [0.2, 0.25) is 0 Å². The van der Waals surface area contributed by atoms with Crippen LogP contribution in [0.5, 0.6) is 0 Å². The Balaban J connectivity index is 2.06. The smallest absolute Gasteiger partial charge is 0.243 e. The monoisotopic (exact) mass is 395 g/mol. The molecule has 1 unspecified atom stereocenters. The molecule has 0 spiro atoms. The van der Waals surface area contributed by atoms with Crippen molar-refractivity contribution in [2.24, 2.45) is 4.99 Å². The molecule has 0 aliphatic carbocycles. The van der Waals surface area contributed by atoms with E-state index in [9.17, 15) is 4.79 Å². The number of morpholine rings is 1. The van der Waals surface area contributed by atoms with Gasteiger partial charge in [0, 0.05) is 50.0 Å². The van der Waals surface area contributed by atoms with Crippen LogP contribution >= 0.6 is 11.3 Å². The molecule has 2 rings (SSSR count). The average Bonchev–Trinajstić information content (AvgIpc) is 3.10. The Bertz CT molecular complexity index is 611. The van der Waals surface area contributed by atoms with Crippen molar-refractivity contribution in [2.45, 2.75) is 26.3 Å². The van der Waals surface area contributed by atoms with Gasteiger partial charge in [0.25, 0.3) is 0 Å². The summed E-state index contributed by atoms with van der Waals surface area (Å²) in [6.45, 7) is 9.36. The maximum Gasteiger partial charge on any atom is 0.243 e. The lowest BCUT2D eigenvalue weighted by molar-refractivity contribution is -0.127. The zero-order valence-corrected chi connectivity index (χ0v) is 17.8. The summed E-state index contributed by atoms with van der Waals surface area (Å²) in [6.07, 6.45) is 0.999. The molecule has 1 amide bonds. The maximum atomic E-state index is 11.9. The lowest BCUT2D eigenvalue weighted by atomic mass is 10.2. The first-order chi connectivity index (χ1) is 13.0. The summed E-state index contributed by atoms with van der Waals surface area (Å²) in [5, 5.41) is 6.75. The number of carbonyl (C=O) groups excluding carboxylic acids is 1. The highest BCUT2D eigenvalue weighted by molar-refractivity contribution is 7.12. The second-order valence-electron chi connectivity index (χ2n) is 6.87. The predicted molar refractivity (Wildman–Crippen MR) is 111 cm³/mol. The quantitative estimate of drug-likeness (QED) is 0.515. The van der Waals surface area contributed by atoms with Crippen LogP contribution in [0, 0.1) is 6.92 Å². The number of aliphatic imine (C=N–C) groups is 1. The van der Waals surface area contributed by atoms with Gasteiger partial charge in [-0.05, 0) is 25.5 Å². The van der Waals surface area contributed by atoms with E-state index in [-0.39, 0.29) is 18.5 Å². The second-order valence-corrected chi connectivity index (χ2v) is 8.19. The molecule has 0 aromatic carbocycles. The maximum absolute atomic E-state index is 11.9. The van der Waals surface area contributed by atoms with Gasteiger partial charge in [0.15, 0.2) is 5.96 Å².